The second-order valence-corrected chi connectivity index (χ2v) is 10.7. The zero-order valence-electron chi connectivity index (χ0n) is 21.6. The van der Waals surface area contributed by atoms with Crippen molar-refractivity contribution >= 4 is 39.1 Å². The van der Waals surface area contributed by atoms with Crippen LogP contribution in [0.2, 0.25) is 5.02 Å². The second-order valence-electron chi connectivity index (χ2n) is 8.45. The molecule has 0 aliphatic heterocycles. The zero-order valence-corrected chi connectivity index (χ0v) is 23.2. The molecule has 0 spiro atoms. The van der Waals surface area contributed by atoms with Gasteiger partial charge in [-0.15, -0.1) is 0 Å². The molecule has 0 radical (unpaired) electrons. The van der Waals surface area contributed by atoms with Crippen molar-refractivity contribution in [1.29, 1.82) is 0 Å². The summed E-state index contributed by atoms with van der Waals surface area (Å²) in [5.74, 6) is -0.593. The minimum atomic E-state index is -4.18. The molecule has 0 saturated heterocycles. The van der Waals surface area contributed by atoms with Crippen LogP contribution in [0.3, 0.4) is 0 Å². The van der Waals surface area contributed by atoms with Crippen LogP contribution in [0.5, 0.6) is 5.75 Å². The molecule has 1 atom stereocenters. The second kappa shape index (κ2) is 13.3. The highest BCUT2D eigenvalue weighted by Crippen LogP contribution is 2.32. The van der Waals surface area contributed by atoms with Gasteiger partial charge in [-0.1, -0.05) is 54.1 Å². The molecule has 0 fully saturated rings. The number of ether oxygens (including phenoxy) is 1. The number of carbonyl (C=O) groups excluding carboxylic acids is 2. The Bertz CT molecular complexity index is 1350. The topological polar surface area (TPSA) is 96.0 Å². The molecule has 38 heavy (non-hydrogen) atoms. The molecule has 0 saturated carbocycles. The summed E-state index contributed by atoms with van der Waals surface area (Å²) in [6.45, 7) is 5.39. The molecule has 1 unspecified atom stereocenters. The first-order valence-corrected chi connectivity index (χ1v) is 14.1. The molecule has 8 nitrogen and oxygen atoms in total. The Morgan fingerprint density at radius 1 is 0.974 bits per heavy atom. The molecule has 3 aromatic rings. The Morgan fingerprint density at radius 2 is 1.66 bits per heavy atom. The molecule has 0 heterocycles. The van der Waals surface area contributed by atoms with Crippen LogP contribution in [0.25, 0.3) is 0 Å². The summed E-state index contributed by atoms with van der Waals surface area (Å²) in [6.07, 6.45) is 0. The SMILES string of the molecule is CCNC(=O)C(C)N(Cc1cccc(Cl)c1)C(=O)CN(c1ccccc1OCC)S(=O)(=O)c1ccccc1. The zero-order chi connectivity index (χ0) is 27.7. The van der Waals surface area contributed by atoms with Gasteiger partial charge in [-0.3, -0.25) is 13.9 Å². The van der Waals surface area contributed by atoms with E-state index in [1.54, 1.807) is 87.5 Å². The number of halogens is 1. The van der Waals surface area contributed by atoms with E-state index in [9.17, 15) is 18.0 Å². The molecule has 0 aromatic heterocycles. The highest BCUT2D eigenvalue weighted by atomic mass is 35.5. The average molecular weight is 558 g/mol. The number of amides is 2. The number of carbonyl (C=O) groups is 2. The van der Waals surface area contributed by atoms with Crippen molar-refractivity contribution in [3.63, 3.8) is 0 Å². The number of para-hydroxylation sites is 2. The molecule has 202 valence electrons. The van der Waals surface area contributed by atoms with Crippen molar-refractivity contribution in [2.24, 2.45) is 0 Å². The Morgan fingerprint density at radius 3 is 2.32 bits per heavy atom. The number of nitrogens with one attached hydrogen (secondary N) is 1. The summed E-state index contributed by atoms with van der Waals surface area (Å²) in [6, 6.07) is 20.6. The third-order valence-electron chi connectivity index (χ3n) is 5.80. The molecular formula is C28H32ClN3O5S. The summed E-state index contributed by atoms with van der Waals surface area (Å²) in [5, 5.41) is 3.22. The monoisotopic (exact) mass is 557 g/mol. The van der Waals surface area contributed by atoms with Crippen molar-refractivity contribution in [1.82, 2.24) is 10.2 Å². The van der Waals surface area contributed by atoms with Crippen molar-refractivity contribution in [2.75, 3.05) is 24.0 Å². The lowest BCUT2D eigenvalue weighted by atomic mass is 10.1. The van der Waals surface area contributed by atoms with Gasteiger partial charge in [0.05, 0.1) is 17.2 Å². The summed E-state index contributed by atoms with van der Waals surface area (Å²) < 4.78 is 34.5. The van der Waals surface area contributed by atoms with E-state index in [0.29, 0.717) is 29.5 Å². The van der Waals surface area contributed by atoms with Gasteiger partial charge < -0.3 is 15.0 Å². The number of nitrogens with zero attached hydrogens (tertiary/aromatic N) is 2. The minimum absolute atomic E-state index is 0.0252. The van der Waals surface area contributed by atoms with Crippen LogP contribution in [-0.2, 0) is 26.2 Å². The lowest BCUT2D eigenvalue weighted by Gasteiger charge is -2.32. The lowest BCUT2D eigenvalue weighted by molar-refractivity contribution is -0.139. The van der Waals surface area contributed by atoms with Crippen LogP contribution in [0.1, 0.15) is 26.3 Å². The summed E-state index contributed by atoms with van der Waals surface area (Å²) in [7, 11) is -4.18. The van der Waals surface area contributed by atoms with Crippen LogP contribution in [-0.4, -0.2) is 50.9 Å². The first-order valence-electron chi connectivity index (χ1n) is 12.3. The third kappa shape index (κ3) is 7.05. The predicted octanol–water partition coefficient (Wildman–Crippen LogP) is 4.49. The van der Waals surface area contributed by atoms with E-state index < -0.39 is 28.5 Å². The number of likely N-dealkylation sites (N-methyl/N-ethyl adjacent to an activating group) is 1. The van der Waals surface area contributed by atoms with Crippen LogP contribution in [0.4, 0.5) is 5.69 Å². The summed E-state index contributed by atoms with van der Waals surface area (Å²) >= 11 is 6.15. The molecule has 0 aliphatic rings. The smallest absolute Gasteiger partial charge is 0.264 e. The fourth-order valence-corrected chi connectivity index (χ4v) is 5.57. The number of anilines is 1. The molecular weight excluding hydrogens is 526 g/mol. The Kier molecular flexibility index (Phi) is 10.2. The highest BCUT2D eigenvalue weighted by molar-refractivity contribution is 7.92. The molecule has 10 heteroatoms. The Hall–Kier alpha value is -3.56. The largest absolute Gasteiger partial charge is 0.492 e. The average Bonchev–Trinajstić information content (AvgIpc) is 2.91. The van der Waals surface area contributed by atoms with E-state index in [1.165, 1.54) is 17.0 Å². The molecule has 0 bridgehead atoms. The minimum Gasteiger partial charge on any atom is -0.492 e. The van der Waals surface area contributed by atoms with Gasteiger partial charge in [-0.2, -0.15) is 0 Å². The van der Waals surface area contributed by atoms with Gasteiger partial charge >= 0.3 is 0 Å². The molecule has 3 aromatic carbocycles. The lowest BCUT2D eigenvalue weighted by Crippen LogP contribution is -2.51. The van der Waals surface area contributed by atoms with Crippen LogP contribution >= 0.6 is 11.6 Å². The van der Waals surface area contributed by atoms with Gasteiger partial charge in [0.25, 0.3) is 10.0 Å². The quantitative estimate of drug-likeness (QED) is 0.354. The van der Waals surface area contributed by atoms with Crippen LogP contribution in [0.15, 0.2) is 83.8 Å². The summed E-state index contributed by atoms with van der Waals surface area (Å²) in [5.41, 5.74) is 0.925. The van der Waals surface area contributed by atoms with E-state index in [2.05, 4.69) is 5.32 Å². The highest BCUT2D eigenvalue weighted by Gasteiger charge is 2.33. The number of hydrogen-bond acceptors (Lipinski definition) is 5. The maximum absolute atomic E-state index is 13.9. The predicted molar refractivity (Wildman–Crippen MR) is 149 cm³/mol. The normalized spacial score (nSPS) is 11.9. The van der Waals surface area contributed by atoms with Gasteiger partial charge in [0.1, 0.15) is 18.3 Å². The number of benzene rings is 3. The van der Waals surface area contributed by atoms with Crippen molar-refractivity contribution in [3.8, 4) is 5.75 Å². The first kappa shape index (κ1) is 29.0. The molecule has 3 rings (SSSR count). The van der Waals surface area contributed by atoms with E-state index in [0.717, 1.165) is 4.31 Å². The van der Waals surface area contributed by atoms with E-state index in [1.807, 2.05) is 0 Å². The molecule has 2 amide bonds. The standard InChI is InChI=1S/C28H32ClN3O5S/c1-4-30-28(34)21(3)31(19-22-12-11-13-23(29)18-22)27(33)20-32(25-16-9-10-17-26(25)37-5-2)38(35,36)24-14-7-6-8-15-24/h6-18,21H,4-5,19-20H2,1-3H3,(H,30,34). The number of hydrogen-bond donors (Lipinski definition) is 1. The van der Waals surface area contributed by atoms with Crippen molar-refractivity contribution in [2.45, 2.75) is 38.3 Å². The van der Waals surface area contributed by atoms with Crippen molar-refractivity contribution < 1.29 is 22.7 Å². The van der Waals surface area contributed by atoms with Gasteiger partial charge in [0, 0.05) is 18.1 Å². The Balaban J connectivity index is 2.07. The molecule has 1 N–H and O–H groups in total. The summed E-state index contributed by atoms with van der Waals surface area (Å²) in [4.78, 5) is 28.0. The van der Waals surface area contributed by atoms with Gasteiger partial charge in [-0.25, -0.2) is 8.42 Å². The van der Waals surface area contributed by atoms with Gasteiger partial charge in [0.15, 0.2) is 0 Å². The van der Waals surface area contributed by atoms with Crippen molar-refractivity contribution in [3.05, 3.63) is 89.4 Å². The van der Waals surface area contributed by atoms with Gasteiger partial charge in [-0.05, 0) is 62.7 Å². The maximum Gasteiger partial charge on any atom is 0.264 e. The number of sulfonamides is 1. The third-order valence-corrected chi connectivity index (χ3v) is 7.81. The Labute approximate surface area is 229 Å². The van der Waals surface area contributed by atoms with Crippen LogP contribution < -0.4 is 14.4 Å². The first-order chi connectivity index (χ1) is 18.2. The van der Waals surface area contributed by atoms with Crippen LogP contribution in [0, 0.1) is 0 Å². The fourth-order valence-electron chi connectivity index (χ4n) is 3.91. The molecule has 0 aliphatic carbocycles. The van der Waals surface area contributed by atoms with E-state index >= 15 is 0 Å². The van der Waals surface area contributed by atoms with E-state index in [-0.39, 0.29) is 23.0 Å². The van der Waals surface area contributed by atoms with Gasteiger partial charge in [0.2, 0.25) is 11.8 Å². The maximum atomic E-state index is 13.9. The van der Waals surface area contributed by atoms with E-state index in [4.69, 9.17) is 16.3 Å². The fraction of sp³-hybridized carbons (Fsp3) is 0.286. The number of rotatable bonds is 12.